The first-order valence-electron chi connectivity index (χ1n) is 19.5. The highest BCUT2D eigenvalue weighted by molar-refractivity contribution is 6.10. The molecule has 14 nitrogen and oxygen atoms in total. The molecule has 62 heavy (non-hydrogen) atoms. The number of benzene rings is 6. The Balaban J connectivity index is 1.03. The molecule has 0 aromatic heterocycles. The first kappa shape index (κ1) is 40.5. The standard InChI is InChI=1S/C48H38N4O10/c1-4-49-27-7-13-33-39(19-27)61-40-20-28(52(2)3)8-14-34(40)45(33)32-12-6-26(18-38(32)48(59)60)46(56)51-24-43(55)50-23-25-5-11-31(37(17-25)47(57)58)44-35-15-9-29(53)21-41(35)62-42-22-30(54)10-16-36(42)44/h5-22,53H,4,23-24H2,1-3H3,(H,50,55)(H,51,56)(H,57,58)(H,59,60). The predicted octanol–water partition coefficient (Wildman–Crippen LogP) is 7.22. The maximum atomic E-state index is 13.4. The number of carboxylic acids is 2. The van der Waals surface area contributed by atoms with Crippen LogP contribution in [0.1, 0.15) is 43.6 Å². The molecule has 14 heteroatoms. The summed E-state index contributed by atoms with van der Waals surface area (Å²) in [4.78, 5) is 70.4. The molecule has 0 saturated heterocycles. The summed E-state index contributed by atoms with van der Waals surface area (Å²) in [5.41, 5.74) is 4.51. The first-order valence-corrected chi connectivity index (χ1v) is 19.5. The van der Waals surface area contributed by atoms with Gasteiger partial charge in [0, 0.05) is 95.7 Å². The van der Waals surface area contributed by atoms with E-state index in [2.05, 4.69) is 15.6 Å². The van der Waals surface area contributed by atoms with E-state index in [0.717, 1.165) is 5.69 Å². The van der Waals surface area contributed by atoms with Crippen LogP contribution in [0.5, 0.6) is 5.75 Å². The Morgan fingerprint density at radius 2 is 1.27 bits per heavy atom. The summed E-state index contributed by atoms with van der Waals surface area (Å²) in [5, 5.41) is 38.0. The number of carboxylic acid groups (broad SMARTS) is 2. The van der Waals surface area contributed by atoms with Crippen molar-refractivity contribution in [3.05, 3.63) is 147 Å². The van der Waals surface area contributed by atoms with Crippen molar-refractivity contribution in [2.24, 2.45) is 4.99 Å². The van der Waals surface area contributed by atoms with Crippen molar-refractivity contribution >= 4 is 51.4 Å². The van der Waals surface area contributed by atoms with Gasteiger partial charge in [-0.2, -0.15) is 0 Å². The third-order valence-electron chi connectivity index (χ3n) is 10.5. The zero-order chi connectivity index (χ0) is 43.8. The van der Waals surface area contributed by atoms with Crippen LogP contribution in [-0.2, 0) is 11.3 Å². The van der Waals surface area contributed by atoms with E-state index in [-0.39, 0.29) is 45.8 Å². The monoisotopic (exact) mass is 830 g/mol. The molecule has 0 radical (unpaired) electrons. The third-order valence-corrected chi connectivity index (χ3v) is 10.5. The van der Waals surface area contributed by atoms with E-state index in [1.54, 1.807) is 30.3 Å². The minimum atomic E-state index is -1.26. The fourth-order valence-corrected chi connectivity index (χ4v) is 7.57. The van der Waals surface area contributed by atoms with Gasteiger partial charge in [0.1, 0.15) is 28.4 Å². The number of nitrogens with one attached hydrogen (secondary N) is 2. The molecule has 8 rings (SSSR count). The summed E-state index contributed by atoms with van der Waals surface area (Å²) in [6.45, 7) is 1.95. The minimum Gasteiger partial charge on any atom is -0.508 e. The van der Waals surface area contributed by atoms with Crippen molar-refractivity contribution in [3.8, 4) is 50.7 Å². The normalized spacial score (nSPS) is 11.6. The zero-order valence-electron chi connectivity index (χ0n) is 33.6. The maximum absolute atomic E-state index is 13.4. The number of phenolic OH excluding ortho intramolecular Hbond substituents is 1. The third kappa shape index (κ3) is 7.79. The number of carbonyl (C=O) groups is 4. The van der Waals surface area contributed by atoms with Gasteiger partial charge in [0.05, 0.1) is 23.0 Å². The molecule has 0 spiro atoms. The van der Waals surface area contributed by atoms with E-state index in [4.69, 9.17) is 8.83 Å². The minimum absolute atomic E-state index is 0.0178. The van der Waals surface area contributed by atoms with Gasteiger partial charge in [0.2, 0.25) is 5.91 Å². The zero-order valence-corrected chi connectivity index (χ0v) is 33.6. The number of amides is 2. The second kappa shape index (κ2) is 16.4. The SMILES string of the molecule is CCN=c1ccc2c(-c3ccc(C(=O)NCC(=O)NCc4ccc(-c5c6ccc(=O)cc-6oc6cc(O)ccc56)c(C(=O)O)c4)cc3C(=O)O)c3ccc(N(C)C)cc3oc-2c1. The van der Waals surface area contributed by atoms with Gasteiger partial charge in [-0.05, 0) is 90.3 Å². The Morgan fingerprint density at radius 3 is 1.95 bits per heavy atom. The summed E-state index contributed by atoms with van der Waals surface area (Å²) < 4.78 is 12.2. The van der Waals surface area contributed by atoms with Crippen molar-refractivity contribution in [2.75, 3.05) is 32.1 Å². The number of phenols is 1. The second-order valence-corrected chi connectivity index (χ2v) is 14.7. The Kier molecular flexibility index (Phi) is 10.7. The second-order valence-electron chi connectivity index (χ2n) is 14.7. The van der Waals surface area contributed by atoms with Gasteiger partial charge in [0.25, 0.3) is 5.91 Å². The highest BCUT2D eigenvalue weighted by Crippen LogP contribution is 2.44. The van der Waals surface area contributed by atoms with Gasteiger partial charge in [-0.1, -0.05) is 18.2 Å². The van der Waals surface area contributed by atoms with Gasteiger partial charge in [-0.25, -0.2) is 9.59 Å². The molecule has 2 amide bonds. The summed E-state index contributed by atoms with van der Waals surface area (Å²) in [6, 6.07) is 28.8. The van der Waals surface area contributed by atoms with Crippen molar-refractivity contribution < 1.29 is 43.3 Å². The number of aromatic carboxylic acids is 2. The summed E-state index contributed by atoms with van der Waals surface area (Å²) in [7, 11) is 3.81. The summed E-state index contributed by atoms with van der Waals surface area (Å²) >= 11 is 0. The van der Waals surface area contributed by atoms with E-state index in [1.165, 1.54) is 42.5 Å². The topological polar surface area (TPSA) is 212 Å². The average Bonchev–Trinajstić information content (AvgIpc) is 3.25. The molecule has 310 valence electrons. The van der Waals surface area contributed by atoms with E-state index in [9.17, 15) is 39.3 Å². The molecule has 2 heterocycles. The molecule has 2 aliphatic heterocycles. The van der Waals surface area contributed by atoms with Gasteiger partial charge in [-0.3, -0.25) is 19.4 Å². The Morgan fingerprint density at radius 1 is 0.661 bits per heavy atom. The van der Waals surface area contributed by atoms with E-state index < -0.39 is 30.3 Å². The molecule has 2 aliphatic carbocycles. The van der Waals surface area contributed by atoms with Crippen LogP contribution in [0.25, 0.3) is 66.8 Å². The number of anilines is 1. The molecule has 0 bridgehead atoms. The lowest BCUT2D eigenvalue weighted by atomic mass is 9.89. The molecule has 4 aromatic rings. The number of aromatic hydroxyl groups is 1. The summed E-state index contributed by atoms with van der Waals surface area (Å²) in [5.74, 6) is -3.13. The van der Waals surface area contributed by atoms with Crippen LogP contribution in [0.15, 0.2) is 128 Å². The number of fused-ring (bicyclic) bond motifs is 4. The lowest BCUT2D eigenvalue weighted by molar-refractivity contribution is -0.120. The Labute approximate surface area is 352 Å². The van der Waals surface area contributed by atoms with Crippen LogP contribution in [0.2, 0.25) is 0 Å². The lowest BCUT2D eigenvalue weighted by Gasteiger charge is -2.19. The van der Waals surface area contributed by atoms with Crippen LogP contribution < -0.4 is 26.3 Å². The molecule has 4 aliphatic rings. The van der Waals surface area contributed by atoms with Crippen LogP contribution in [0, 0.1) is 0 Å². The molecule has 0 fully saturated rings. The van der Waals surface area contributed by atoms with E-state index in [1.807, 2.05) is 62.3 Å². The van der Waals surface area contributed by atoms with Gasteiger partial charge in [-0.15, -0.1) is 0 Å². The number of rotatable bonds is 11. The maximum Gasteiger partial charge on any atom is 0.336 e. The number of hydrogen-bond donors (Lipinski definition) is 5. The Hall–Kier alpha value is -8.26. The summed E-state index contributed by atoms with van der Waals surface area (Å²) in [6.07, 6.45) is 0. The van der Waals surface area contributed by atoms with Gasteiger partial charge >= 0.3 is 11.9 Å². The van der Waals surface area contributed by atoms with Crippen LogP contribution in [-0.4, -0.2) is 66.3 Å². The Bertz CT molecular complexity index is 3200. The van der Waals surface area contributed by atoms with Gasteiger partial charge < -0.3 is 39.7 Å². The van der Waals surface area contributed by atoms with Crippen molar-refractivity contribution in [2.45, 2.75) is 13.5 Å². The number of hydrogen-bond acceptors (Lipinski definition) is 10. The van der Waals surface area contributed by atoms with Crippen LogP contribution >= 0.6 is 0 Å². The number of carbonyl (C=O) groups excluding carboxylic acids is 2. The van der Waals surface area contributed by atoms with Crippen molar-refractivity contribution in [3.63, 3.8) is 0 Å². The van der Waals surface area contributed by atoms with E-state index >= 15 is 0 Å². The number of nitrogens with zero attached hydrogens (tertiary/aromatic N) is 2. The quantitative estimate of drug-likeness (QED) is 0.0822. The lowest BCUT2D eigenvalue weighted by Crippen LogP contribution is -2.36. The van der Waals surface area contributed by atoms with E-state index in [0.29, 0.717) is 73.0 Å². The van der Waals surface area contributed by atoms with Crippen LogP contribution in [0.4, 0.5) is 5.69 Å². The molecule has 0 saturated carbocycles. The van der Waals surface area contributed by atoms with Gasteiger partial charge in [0.15, 0.2) is 5.43 Å². The largest absolute Gasteiger partial charge is 0.508 e. The first-order chi connectivity index (χ1) is 29.8. The molecule has 5 N–H and O–H groups in total. The van der Waals surface area contributed by atoms with Crippen molar-refractivity contribution in [1.82, 2.24) is 10.6 Å². The average molecular weight is 831 g/mol. The van der Waals surface area contributed by atoms with Crippen molar-refractivity contribution in [1.29, 1.82) is 0 Å². The molecular weight excluding hydrogens is 793 g/mol. The van der Waals surface area contributed by atoms with Crippen LogP contribution in [0.3, 0.4) is 0 Å². The molecule has 4 aromatic carbocycles. The highest BCUT2D eigenvalue weighted by atomic mass is 16.4. The smallest absolute Gasteiger partial charge is 0.336 e. The molecular formula is C48H38N4O10. The highest BCUT2D eigenvalue weighted by Gasteiger charge is 2.25. The fourth-order valence-electron chi connectivity index (χ4n) is 7.57. The fraction of sp³-hybridized carbons (Fsp3) is 0.125. The predicted molar refractivity (Wildman–Crippen MR) is 233 cm³/mol. The molecule has 0 unspecified atom stereocenters. The molecule has 0 atom stereocenters.